The predicted molar refractivity (Wildman–Crippen MR) is 38.1 cm³/mol. The molecule has 0 atom stereocenters. The summed E-state index contributed by atoms with van der Waals surface area (Å²) in [6, 6.07) is 1.30. The normalized spacial score (nSPS) is 20.6. The molecule has 3 heteroatoms. The standard InChI is InChI=1S/C6H13O2Si/c1-9-5-2-6-7-3-4-8-6/h6,9H,2-5H2,1H3/q+1. The third-order valence-electron chi connectivity index (χ3n) is 1.38. The largest absolute Gasteiger partial charge is 0.350 e. The first-order chi connectivity index (χ1) is 4.43. The fraction of sp³-hybridized carbons (Fsp3) is 1.00. The summed E-state index contributed by atoms with van der Waals surface area (Å²) in [5.74, 6) is 0. The number of rotatable bonds is 3. The average Bonchev–Trinajstić information content (AvgIpc) is 2.34. The molecule has 52 valence electrons. The zero-order valence-corrected chi connectivity index (χ0v) is 6.95. The van der Waals surface area contributed by atoms with Gasteiger partial charge >= 0.3 is 0 Å². The van der Waals surface area contributed by atoms with Crippen molar-refractivity contribution in [3.8, 4) is 0 Å². The van der Waals surface area contributed by atoms with Gasteiger partial charge in [0.05, 0.1) is 25.8 Å². The molecule has 0 N–H and O–H groups in total. The summed E-state index contributed by atoms with van der Waals surface area (Å²) >= 11 is 0. The Morgan fingerprint density at radius 2 is 2.11 bits per heavy atom. The summed E-state index contributed by atoms with van der Waals surface area (Å²) in [4.78, 5) is 0. The van der Waals surface area contributed by atoms with Crippen LogP contribution in [-0.4, -0.2) is 29.0 Å². The van der Waals surface area contributed by atoms with Crippen LogP contribution in [0.5, 0.6) is 0 Å². The van der Waals surface area contributed by atoms with E-state index in [0.29, 0.717) is 9.52 Å². The first-order valence-corrected chi connectivity index (χ1v) is 5.41. The van der Waals surface area contributed by atoms with Crippen LogP contribution in [0.25, 0.3) is 0 Å². The molecule has 1 aliphatic heterocycles. The summed E-state index contributed by atoms with van der Waals surface area (Å²) in [5, 5.41) is 0. The summed E-state index contributed by atoms with van der Waals surface area (Å²) in [6.45, 7) is 3.85. The van der Waals surface area contributed by atoms with E-state index in [0.717, 1.165) is 19.6 Å². The second-order valence-electron chi connectivity index (χ2n) is 2.16. The Hall–Kier alpha value is 0.137. The topological polar surface area (TPSA) is 18.5 Å². The van der Waals surface area contributed by atoms with E-state index in [1.165, 1.54) is 6.04 Å². The van der Waals surface area contributed by atoms with Crippen LogP contribution in [0.15, 0.2) is 0 Å². The average molecular weight is 145 g/mol. The van der Waals surface area contributed by atoms with E-state index in [1.807, 2.05) is 0 Å². The van der Waals surface area contributed by atoms with E-state index in [4.69, 9.17) is 9.47 Å². The van der Waals surface area contributed by atoms with Crippen molar-refractivity contribution in [2.24, 2.45) is 0 Å². The molecule has 1 saturated heterocycles. The van der Waals surface area contributed by atoms with Gasteiger partial charge in [0.1, 0.15) is 0 Å². The van der Waals surface area contributed by atoms with E-state index >= 15 is 0 Å². The molecule has 0 amide bonds. The molecule has 0 aliphatic carbocycles. The quantitative estimate of drug-likeness (QED) is 0.543. The molecule has 0 aromatic rings. The van der Waals surface area contributed by atoms with Crippen molar-refractivity contribution < 1.29 is 9.47 Å². The fourth-order valence-corrected chi connectivity index (χ4v) is 1.48. The molecule has 9 heavy (non-hydrogen) atoms. The van der Waals surface area contributed by atoms with Gasteiger partial charge in [-0.2, -0.15) is 0 Å². The number of hydrogen-bond donors (Lipinski definition) is 0. The maximum Gasteiger partial charge on any atom is 0.295 e. The molecule has 1 heterocycles. The van der Waals surface area contributed by atoms with Gasteiger partial charge in [-0.25, -0.2) is 0 Å². The van der Waals surface area contributed by atoms with Crippen molar-refractivity contribution in [2.75, 3.05) is 13.2 Å². The van der Waals surface area contributed by atoms with Gasteiger partial charge in [0, 0.05) is 6.42 Å². The van der Waals surface area contributed by atoms with Crippen LogP contribution >= 0.6 is 0 Å². The Bertz CT molecular complexity index is 71.5. The van der Waals surface area contributed by atoms with Crippen molar-refractivity contribution in [2.45, 2.75) is 25.3 Å². The Morgan fingerprint density at radius 1 is 1.44 bits per heavy atom. The lowest BCUT2D eigenvalue weighted by atomic mass is 10.5. The maximum atomic E-state index is 5.25. The second-order valence-corrected chi connectivity index (χ2v) is 3.55. The van der Waals surface area contributed by atoms with E-state index in [1.54, 1.807) is 0 Å². The first kappa shape index (κ1) is 7.25. The minimum absolute atomic E-state index is 0.137. The van der Waals surface area contributed by atoms with Crippen molar-refractivity contribution in [1.29, 1.82) is 0 Å². The summed E-state index contributed by atoms with van der Waals surface area (Å²) < 4.78 is 10.5. The van der Waals surface area contributed by atoms with Crippen LogP contribution in [0.4, 0.5) is 0 Å². The van der Waals surface area contributed by atoms with Crippen molar-refractivity contribution >= 4 is 9.52 Å². The summed E-state index contributed by atoms with van der Waals surface area (Å²) in [7, 11) is 0.622. The minimum atomic E-state index is 0.137. The maximum absolute atomic E-state index is 5.25. The lowest BCUT2D eigenvalue weighted by Gasteiger charge is -2.03. The Balaban J connectivity index is 1.98. The molecule has 0 aromatic heterocycles. The van der Waals surface area contributed by atoms with Crippen LogP contribution in [-0.2, 0) is 9.47 Å². The highest BCUT2D eigenvalue weighted by Gasteiger charge is 2.16. The van der Waals surface area contributed by atoms with E-state index < -0.39 is 0 Å². The van der Waals surface area contributed by atoms with Crippen molar-refractivity contribution in [1.82, 2.24) is 0 Å². The Labute approximate surface area is 58.4 Å². The Morgan fingerprint density at radius 3 is 2.67 bits per heavy atom. The molecule has 0 unspecified atom stereocenters. The number of ether oxygens (including phenoxy) is 2. The lowest BCUT2D eigenvalue weighted by molar-refractivity contribution is -0.0429. The molecule has 0 radical (unpaired) electrons. The molecule has 0 saturated carbocycles. The van der Waals surface area contributed by atoms with Crippen LogP contribution in [0.1, 0.15) is 6.42 Å². The van der Waals surface area contributed by atoms with Crippen LogP contribution < -0.4 is 0 Å². The monoisotopic (exact) mass is 145 g/mol. The smallest absolute Gasteiger partial charge is 0.295 e. The zero-order valence-electron chi connectivity index (χ0n) is 5.80. The van der Waals surface area contributed by atoms with Gasteiger partial charge in [-0.3, -0.25) is 0 Å². The zero-order chi connectivity index (χ0) is 6.53. The van der Waals surface area contributed by atoms with Crippen molar-refractivity contribution in [3.63, 3.8) is 0 Å². The van der Waals surface area contributed by atoms with E-state index in [-0.39, 0.29) is 6.29 Å². The van der Waals surface area contributed by atoms with Gasteiger partial charge in [0.25, 0.3) is 9.52 Å². The van der Waals surface area contributed by atoms with Crippen LogP contribution in [0.2, 0.25) is 12.6 Å². The van der Waals surface area contributed by atoms with E-state index in [2.05, 4.69) is 6.55 Å². The molecule has 0 aromatic carbocycles. The van der Waals surface area contributed by atoms with Crippen LogP contribution in [0, 0.1) is 0 Å². The molecule has 1 fully saturated rings. The highest BCUT2D eigenvalue weighted by atomic mass is 28.2. The lowest BCUT2D eigenvalue weighted by Crippen LogP contribution is -2.07. The molecule has 0 bridgehead atoms. The Kier molecular flexibility index (Phi) is 3.25. The van der Waals surface area contributed by atoms with Crippen LogP contribution in [0.3, 0.4) is 0 Å². The highest BCUT2D eigenvalue weighted by molar-refractivity contribution is 6.33. The molecule has 2 nitrogen and oxygen atoms in total. The molecule has 1 aliphatic rings. The molecule has 1 rings (SSSR count). The van der Waals surface area contributed by atoms with Gasteiger partial charge in [0.2, 0.25) is 0 Å². The number of hydrogen-bond acceptors (Lipinski definition) is 2. The first-order valence-electron chi connectivity index (χ1n) is 3.44. The van der Waals surface area contributed by atoms with Gasteiger partial charge in [0.15, 0.2) is 6.29 Å². The summed E-state index contributed by atoms with van der Waals surface area (Å²) in [6.07, 6.45) is 1.24. The van der Waals surface area contributed by atoms with E-state index in [9.17, 15) is 0 Å². The third-order valence-corrected chi connectivity index (χ3v) is 2.29. The minimum Gasteiger partial charge on any atom is -0.350 e. The van der Waals surface area contributed by atoms with Gasteiger partial charge in [-0.1, -0.05) is 0 Å². The van der Waals surface area contributed by atoms with Gasteiger partial charge < -0.3 is 9.47 Å². The van der Waals surface area contributed by atoms with Gasteiger partial charge in [-0.15, -0.1) is 0 Å². The molecule has 0 spiro atoms. The predicted octanol–water partition coefficient (Wildman–Crippen LogP) is 0.652. The fourth-order valence-electron chi connectivity index (χ4n) is 0.877. The van der Waals surface area contributed by atoms with Crippen molar-refractivity contribution in [3.05, 3.63) is 0 Å². The SMILES string of the molecule is C[SiH+]CCC1OCCO1. The summed E-state index contributed by atoms with van der Waals surface area (Å²) in [5.41, 5.74) is 0. The third kappa shape index (κ3) is 2.47. The molecular weight excluding hydrogens is 132 g/mol. The van der Waals surface area contributed by atoms with Gasteiger partial charge in [-0.05, 0) is 0 Å². The second kappa shape index (κ2) is 4.03. The molecular formula is C6H13O2Si+. The highest BCUT2D eigenvalue weighted by Crippen LogP contribution is 2.09.